The number of rotatable bonds is 6. The van der Waals surface area contributed by atoms with Crippen molar-refractivity contribution in [1.82, 2.24) is 15.5 Å². The van der Waals surface area contributed by atoms with Gasteiger partial charge in [-0.2, -0.15) is 0 Å². The molecule has 2 fully saturated rings. The number of guanidine groups is 1. The van der Waals surface area contributed by atoms with Crippen LogP contribution in [-0.2, 0) is 0 Å². The summed E-state index contributed by atoms with van der Waals surface area (Å²) in [7, 11) is 1.89. The molecule has 0 aromatic carbocycles. The topological polar surface area (TPSA) is 39.7 Å². The van der Waals surface area contributed by atoms with Gasteiger partial charge in [-0.15, -0.1) is 0 Å². The molecule has 0 aromatic heterocycles. The number of nitrogens with one attached hydrogen (secondary N) is 2. The highest BCUT2D eigenvalue weighted by molar-refractivity contribution is 5.80. The summed E-state index contributed by atoms with van der Waals surface area (Å²) >= 11 is 0. The van der Waals surface area contributed by atoms with Gasteiger partial charge in [-0.1, -0.05) is 31.9 Å². The minimum Gasteiger partial charge on any atom is -0.356 e. The van der Waals surface area contributed by atoms with Gasteiger partial charge in [0.25, 0.3) is 0 Å². The highest BCUT2D eigenvalue weighted by Crippen LogP contribution is 2.40. The van der Waals surface area contributed by atoms with Crippen molar-refractivity contribution in [2.45, 2.75) is 64.8 Å². The first kappa shape index (κ1) is 18.3. The maximum Gasteiger partial charge on any atom is 0.191 e. The van der Waals surface area contributed by atoms with Crippen LogP contribution in [0.15, 0.2) is 17.1 Å². The van der Waals surface area contributed by atoms with E-state index >= 15 is 0 Å². The summed E-state index contributed by atoms with van der Waals surface area (Å²) in [6.45, 7) is 12.9. The zero-order valence-electron chi connectivity index (χ0n) is 15.5. The van der Waals surface area contributed by atoms with Gasteiger partial charge in [-0.25, -0.2) is 0 Å². The minimum atomic E-state index is 0.502. The molecule has 0 atom stereocenters. The van der Waals surface area contributed by atoms with E-state index in [0.717, 1.165) is 32.1 Å². The average Bonchev–Trinajstić information content (AvgIpc) is 3.02. The van der Waals surface area contributed by atoms with E-state index in [0.29, 0.717) is 11.5 Å². The van der Waals surface area contributed by atoms with Crippen LogP contribution < -0.4 is 10.6 Å². The van der Waals surface area contributed by atoms with E-state index in [2.05, 4.69) is 41.0 Å². The van der Waals surface area contributed by atoms with Gasteiger partial charge in [0.2, 0.25) is 0 Å². The molecule has 1 aliphatic heterocycles. The molecule has 1 saturated carbocycles. The predicted octanol–water partition coefficient (Wildman–Crippen LogP) is 3.16. The normalized spacial score (nSPS) is 23.0. The molecule has 0 unspecified atom stereocenters. The third-order valence-electron chi connectivity index (χ3n) is 5.69. The van der Waals surface area contributed by atoms with Gasteiger partial charge in [0, 0.05) is 39.3 Å². The van der Waals surface area contributed by atoms with Crippen molar-refractivity contribution < 1.29 is 0 Å². The Hall–Kier alpha value is -1.03. The molecule has 4 heteroatoms. The highest BCUT2D eigenvalue weighted by atomic mass is 15.2. The lowest BCUT2D eigenvalue weighted by Gasteiger charge is -2.34. The molecule has 0 amide bonds. The third-order valence-corrected chi connectivity index (χ3v) is 5.69. The van der Waals surface area contributed by atoms with Gasteiger partial charge < -0.3 is 10.6 Å². The smallest absolute Gasteiger partial charge is 0.191 e. The fourth-order valence-electron chi connectivity index (χ4n) is 4.06. The second-order valence-corrected chi connectivity index (χ2v) is 7.64. The quantitative estimate of drug-likeness (QED) is 0.449. The summed E-state index contributed by atoms with van der Waals surface area (Å²) in [6.07, 6.45) is 9.17. The molecule has 132 valence electrons. The Balaban J connectivity index is 1.74. The van der Waals surface area contributed by atoms with Crippen molar-refractivity contribution in [1.29, 1.82) is 0 Å². The van der Waals surface area contributed by atoms with Gasteiger partial charge in [-0.3, -0.25) is 9.89 Å². The zero-order valence-corrected chi connectivity index (χ0v) is 15.5. The van der Waals surface area contributed by atoms with E-state index in [9.17, 15) is 0 Å². The summed E-state index contributed by atoms with van der Waals surface area (Å²) in [5, 5.41) is 7.24. The fraction of sp³-hybridized carbons (Fsp3) is 0.842. The summed E-state index contributed by atoms with van der Waals surface area (Å²) in [4.78, 5) is 6.94. The molecule has 4 nitrogen and oxygen atoms in total. The van der Waals surface area contributed by atoms with E-state index in [1.54, 1.807) is 0 Å². The molecule has 2 N–H and O–H groups in total. The van der Waals surface area contributed by atoms with Crippen LogP contribution in [0.25, 0.3) is 0 Å². The molecule has 1 saturated heterocycles. The van der Waals surface area contributed by atoms with Crippen molar-refractivity contribution >= 4 is 5.96 Å². The summed E-state index contributed by atoms with van der Waals surface area (Å²) < 4.78 is 0. The molecule has 2 rings (SSSR count). The van der Waals surface area contributed by atoms with Crippen LogP contribution in [0.5, 0.6) is 0 Å². The summed E-state index contributed by atoms with van der Waals surface area (Å²) in [5.74, 6) is 0.989. The monoisotopic (exact) mass is 320 g/mol. The minimum absolute atomic E-state index is 0.502. The third kappa shape index (κ3) is 5.52. The van der Waals surface area contributed by atoms with Gasteiger partial charge in [0.15, 0.2) is 5.96 Å². The van der Waals surface area contributed by atoms with Crippen LogP contribution in [-0.4, -0.2) is 50.1 Å². The lowest BCUT2D eigenvalue weighted by Crippen LogP contribution is -2.50. The van der Waals surface area contributed by atoms with Crippen LogP contribution in [0, 0.1) is 5.41 Å². The Morgan fingerprint density at radius 1 is 1.26 bits per heavy atom. The number of hydrogen-bond acceptors (Lipinski definition) is 2. The fourth-order valence-corrected chi connectivity index (χ4v) is 4.06. The van der Waals surface area contributed by atoms with Crippen LogP contribution >= 0.6 is 0 Å². The molecule has 23 heavy (non-hydrogen) atoms. The maximum absolute atomic E-state index is 4.44. The van der Waals surface area contributed by atoms with Crippen LogP contribution in [0.4, 0.5) is 0 Å². The molecule has 2 aliphatic rings. The van der Waals surface area contributed by atoms with Crippen molar-refractivity contribution in [3.63, 3.8) is 0 Å². The number of aliphatic imine (C=N–C) groups is 1. The van der Waals surface area contributed by atoms with Gasteiger partial charge in [-0.05, 0) is 44.4 Å². The summed E-state index contributed by atoms with van der Waals surface area (Å²) in [5.41, 5.74) is 1.76. The SMILES string of the molecule is C=C(C)CN1CCC(NC(=NC)NCC2(CC)CCCC2)CC1. The zero-order chi connectivity index (χ0) is 16.7. The summed E-state index contributed by atoms with van der Waals surface area (Å²) in [6, 6.07) is 0.545. The van der Waals surface area contributed by atoms with Gasteiger partial charge in [0.1, 0.15) is 0 Å². The number of hydrogen-bond donors (Lipinski definition) is 2. The van der Waals surface area contributed by atoms with Crippen molar-refractivity contribution in [2.75, 3.05) is 33.2 Å². The Labute approximate surface area is 142 Å². The lowest BCUT2D eigenvalue weighted by molar-refractivity contribution is 0.220. The Morgan fingerprint density at radius 2 is 1.91 bits per heavy atom. The van der Waals surface area contributed by atoms with Crippen molar-refractivity contribution in [2.24, 2.45) is 10.4 Å². The van der Waals surface area contributed by atoms with E-state index in [1.165, 1.54) is 50.5 Å². The first-order valence-electron chi connectivity index (χ1n) is 9.41. The van der Waals surface area contributed by atoms with Gasteiger partial charge in [0.05, 0.1) is 0 Å². The molecular formula is C19H36N4. The van der Waals surface area contributed by atoms with Crippen LogP contribution in [0.2, 0.25) is 0 Å². The van der Waals surface area contributed by atoms with E-state index in [1.807, 2.05) is 7.05 Å². The van der Waals surface area contributed by atoms with E-state index in [-0.39, 0.29) is 0 Å². The molecule has 0 bridgehead atoms. The lowest BCUT2D eigenvalue weighted by atomic mass is 9.83. The second-order valence-electron chi connectivity index (χ2n) is 7.64. The van der Waals surface area contributed by atoms with E-state index in [4.69, 9.17) is 0 Å². The second kappa shape index (κ2) is 8.72. The van der Waals surface area contributed by atoms with Crippen LogP contribution in [0.3, 0.4) is 0 Å². The number of nitrogens with zero attached hydrogens (tertiary/aromatic N) is 2. The number of likely N-dealkylation sites (tertiary alicyclic amines) is 1. The molecular weight excluding hydrogens is 284 g/mol. The predicted molar refractivity (Wildman–Crippen MR) is 100.0 cm³/mol. The molecule has 0 radical (unpaired) electrons. The molecule has 1 aliphatic carbocycles. The van der Waals surface area contributed by atoms with Gasteiger partial charge >= 0.3 is 0 Å². The average molecular weight is 321 g/mol. The van der Waals surface area contributed by atoms with E-state index < -0.39 is 0 Å². The first-order valence-corrected chi connectivity index (χ1v) is 9.41. The number of piperidine rings is 1. The Bertz CT molecular complexity index is 402. The Morgan fingerprint density at radius 3 is 2.43 bits per heavy atom. The standard InChI is InChI=1S/C19H36N4/c1-5-19(10-6-7-11-19)15-21-18(20-4)22-17-8-12-23(13-9-17)14-16(2)3/h17H,2,5-15H2,1,3-4H3,(H2,20,21,22). The maximum atomic E-state index is 4.44. The van der Waals surface area contributed by atoms with Crippen LogP contribution in [0.1, 0.15) is 58.8 Å². The molecule has 0 spiro atoms. The molecule has 1 heterocycles. The Kier molecular flexibility index (Phi) is 6.94. The highest BCUT2D eigenvalue weighted by Gasteiger charge is 2.32. The largest absolute Gasteiger partial charge is 0.356 e. The van der Waals surface area contributed by atoms with Crippen molar-refractivity contribution in [3.8, 4) is 0 Å². The first-order chi connectivity index (χ1) is 11.1. The van der Waals surface area contributed by atoms with Crippen molar-refractivity contribution in [3.05, 3.63) is 12.2 Å². The molecule has 0 aromatic rings.